The maximum Gasteiger partial charge on any atom is 0.433 e. The minimum atomic E-state index is -4.62. The molecule has 2 amide bonds. The second-order valence-corrected chi connectivity index (χ2v) is 8.29. The molecule has 0 aliphatic rings. The molecule has 4 aromatic heterocycles. The molecular formula is C23H17ClF4N8O3. The standard InChI is InChI=1S/C23H17ClF4N8O3/c1-11(15-7-13(25)9-31-19(15)24)39-22(38)33-20-18(34-35-36(20)2)16-5-4-14(10-29-16)32-21(37)12-3-6-17(30-8-12)23(26,27)28/h3-11H,1-2H3,(H,32,37)(H,33,38)/t11-/m1/s1. The summed E-state index contributed by atoms with van der Waals surface area (Å²) >= 11 is 5.96. The van der Waals surface area contributed by atoms with E-state index < -0.39 is 35.8 Å². The average Bonchev–Trinajstić information content (AvgIpc) is 3.25. The predicted octanol–water partition coefficient (Wildman–Crippen LogP) is 5.04. The molecule has 0 radical (unpaired) electrons. The van der Waals surface area contributed by atoms with Gasteiger partial charge in [0.15, 0.2) is 11.5 Å². The van der Waals surface area contributed by atoms with E-state index in [1.165, 1.54) is 37.0 Å². The van der Waals surface area contributed by atoms with Gasteiger partial charge < -0.3 is 10.1 Å². The number of hydrogen-bond acceptors (Lipinski definition) is 8. The molecule has 0 aromatic carbocycles. The molecule has 0 bridgehead atoms. The van der Waals surface area contributed by atoms with Crippen molar-refractivity contribution in [1.82, 2.24) is 29.9 Å². The number of pyridine rings is 3. The van der Waals surface area contributed by atoms with Gasteiger partial charge in [-0.1, -0.05) is 16.8 Å². The number of ether oxygens (including phenoxy) is 1. The normalized spacial score (nSPS) is 12.1. The Bertz CT molecular complexity index is 1510. The van der Waals surface area contributed by atoms with Crippen molar-refractivity contribution in [3.05, 3.63) is 76.7 Å². The number of nitrogens with one attached hydrogen (secondary N) is 2. The molecule has 0 saturated heterocycles. The lowest BCUT2D eigenvalue weighted by Gasteiger charge is -2.15. The minimum absolute atomic E-state index is 0.0226. The van der Waals surface area contributed by atoms with Crippen molar-refractivity contribution in [3.63, 3.8) is 0 Å². The third-order valence-corrected chi connectivity index (χ3v) is 5.50. The molecule has 39 heavy (non-hydrogen) atoms. The topological polar surface area (TPSA) is 137 Å². The first-order valence-electron chi connectivity index (χ1n) is 10.9. The zero-order chi connectivity index (χ0) is 28.3. The van der Waals surface area contributed by atoms with E-state index in [9.17, 15) is 27.2 Å². The lowest BCUT2D eigenvalue weighted by molar-refractivity contribution is -0.141. The predicted molar refractivity (Wildman–Crippen MR) is 129 cm³/mol. The Morgan fingerprint density at radius 2 is 1.82 bits per heavy atom. The molecule has 4 aromatic rings. The molecule has 11 nitrogen and oxygen atoms in total. The first kappa shape index (κ1) is 27.4. The van der Waals surface area contributed by atoms with Crippen LogP contribution in [0.2, 0.25) is 5.15 Å². The van der Waals surface area contributed by atoms with Crippen LogP contribution in [0.25, 0.3) is 11.4 Å². The maximum absolute atomic E-state index is 13.5. The van der Waals surface area contributed by atoms with E-state index in [1.807, 2.05) is 0 Å². The number of aromatic nitrogens is 6. The van der Waals surface area contributed by atoms with Crippen LogP contribution in [0.15, 0.2) is 48.9 Å². The molecular weight excluding hydrogens is 548 g/mol. The monoisotopic (exact) mass is 564 g/mol. The van der Waals surface area contributed by atoms with Gasteiger partial charge in [0, 0.05) is 18.8 Å². The molecule has 4 heterocycles. The van der Waals surface area contributed by atoms with Crippen LogP contribution in [0.5, 0.6) is 0 Å². The number of nitrogens with zero attached hydrogens (tertiary/aromatic N) is 6. The Labute approximate surface area is 222 Å². The first-order valence-corrected chi connectivity index (χ1v) is 11.3. The lowest BCUT2D eigenvalue weighted by Crippen LogP contribution is -2.19. The highest BCUT2D eigenvalue weighted by Crippen LogP contribution is 2.28. The molecule has 1 atom stereocenters. The van der Waals surface area contributed by atoms with Crippen LogP contribution in [0.1, 0.15) is 34.6 Å². The number of carbonyl (C=O) groups is 2. The fraction of sp³-hybridized carbons (Fsp3) is 0.174. The van der Waals surface area contributed by atoms with Crippen molar-refractivity contribution in [3.8, 4) is 11.4 Å². The zero-order valence-corrected chi connectivity index (χ0v) is 20.7. The highest BCUT2D eigenvalue weighted by Gasteiger charge is 2.32. The summed E-state index contributed by atoms with van der Waals surface area (Å²) in [5.74, 6) is -1.22. The molecule has 2 N–H and O–H groups in total. The summed E-state index contributed by atoms with van der Waals surface area (Å²) < 4.78 is 58.0. The molecule has 16 heteroatoms. The molecule has 202 valence electrons. The summed E-state index contributed by atoms with van der Waals surface area (Å²) in [5.41, 5.74) is -0.380. The molecule has 4 rings (SSSR count). The van der Waals surface area contributed by atoms with Crippen LogP contribution in [0, 0.1) is 5.82 Å². The third-order valence-electron chi connectivity index (χ3n) is 5.18. The van der Waals surface area contributed by atoms with Crippen LogP contribution in [0.3, 0.4) is 0 Å². The van der Waals surface area contributed by atoms with E-state index in [1.54, 1.807) is 0 Å². The summed E-state index contributed by atoms with van der Waals surface area (Å²) in [4.78, 5) is 36.0. The molecule has 0 saturated carbocycles. The first-order chi connectivity index (χ1) is 18.4. The van der Waals surface area contributed by atoms with E-state index in [4.69, 9.17) is 16.3 Å². The Kier molecular flexibility index (Phi) is 7.71. The number of anilines is 2. The van der Waals surface area contributed by atoms with E-state index in [0.29, 0.717) is 6.07 Å². The van der Waals surface area contributed by atoms with Crippen molar-refractivity contribution >= 4 is 35.1 Å². The third kappa shape index (κ3) is 6.43. The van der Waals surface area contributed by atoms with Gasteiger partial charge in [0.2, 0.25) is 0 Å². The second kappa shape index (κ2) is 11.0. The highest BCUT2D eigenvalue weighted by molar-refractivity contribution is 6.30. The fourth-order valence-corrected chi connectivity index (χ4v) is 3.51. The number of amides is 2. The quantitative estimate of drug-likeness (QED) is 0.245. The van der Waals surface area contributed by atoms with Crippen LogP contribution in [-0.4, -0.2) is 41.9 Å². The van der Waals surface area contributed by atoms with Crippen molar-refractivity contribution in [2.24, 2.45) is 7.05 Å². The number of rotatable bonds is 6. The van der Waals surface area contributed by atoms with Crippen molar-refractivity contribution in [1.29, 1.82) is 0 Å². The molecule has 0 fully saturated rings. The summed E-state index contributed by atoms with van der Waals surface area (Å²) in [6, 6.07) is 5.75. The van der Waals surface area contributed by atoms with Crippen LogP contribution in [0.4, 0.5) is 33.9 Å². The second-order valence-electron chi connectivity index (χ2n) is 7.93. The number of hydrogen-bond donors (Lipinski definition) is 2. The number of aryl methyl sites for hydroxylation is 1. The van der Waals surface area contributed by atoms with Gasteiger partial charge in [-0.25, -0.2) is 18.9 Å². The van der Waals surface area contributed by atoms with Crippen LogP contribution in [-0.2, 0) is 18.0 Å². The molecule has 0 aliphatic carbocycles. The average molecular weight is 565 g/mol. The Morgan fingerprint density at radius 3 is 2.46 bits per heavy atom. The van der Waals surface area contributed by atoms with Gasteiger partial charge >= 0.3 is 12.3 Å². The number of alkyl halides is 3. The fourth-order valence-electron chi connectivity index (χ4n) is 3.25. The molecule has 0 aliphatic heterocycles. The van der Waals surface area contributed by atoms with Gasteiger partial charge in [-0.05, 0) is 37.3 Å². The van der Waals surface area contributed by atoms with Gasteiger partial charge in [-0.2, -0.15) is 13.2 Å². The largest absolute Gasteiger partial charge is 0.441 e. The summed E-state index contributed by atoms with van der Waals surface area (Å²) in [6.45, 7) is 1.49. The molecule has 0 spiro atoms. The van der Waals surface area contributed by atoms with Gasteiger partial charge in [-0.3, -0.25) is 20.1 Å². The van der Waals surface area contributed by atoms with Crippen LogP contribution < -0.4 is 10.6 Å². The summed E-state index contributed by atoms with van der Waals surface area (Å²) in [6.07, 6.45) is -3.44. The van der Waals surface area contributed by atoms with Gasteiger partial charge in [-0.15, -0.1) is 5.10 Å². The Morgan fingerprint density at radius 1 is 1.05 bits per heavy atom. The van der Waals surface area contributed by atoms with Crippen molar-refractivity contribution < 1.29 is 31.9 Å². The van der Waals surface area contributed by atoms with E-state index in [2.05, 4.69) is 35.9 Å². The maximum atomic E-state index is 13.5. The number of carbonyl (C=O) groups excluding carboxylic acids is 2. The van der Waals surface area contributed by atoms with Crippen LogP contribution >= 0.6 is 11.6 Å². The van der Waals surface area contributed by atoms with Gasteiger partial charge in [0.05, 0.1) is 29.3 Å². The van der Waals surface area contributed by atoms with Crippen molar-refractivity contribution in [2.45, 2.75) is 19.2 Å². The Hall–Kier alpha value is -4.66. The summed E-state index contributed by atoms with van der Waals surface area (Å²) in [7, 11) is 1.51. The highest BCUT2D eigenvalue weighted by atomic mass is 35.5. The SMILES string of the molecule is C[C@@H](OC(=O)Nc1c(-c2ccc(NC(=O)c3ccc(C(F)(F)F)nc3)cn2)nnn1C)c1cc(F)cnc1Cl. The minimum Gasteiger partial charge on any atom is -0.441 e. The zero-order valence-electron chi connectivity index (χ0n) is 20.0. The van der Waals surface area contributed by atoms with Gasteiger partial charge in [0.25, 0.3) is 5.91 Å². The lowest BCUT2D eigenvalue weighted by atomic mass is 10.2. The van der Waals surface area contributed by atoms with E-state index in [0.717, 1.165) is 24.5 Å². The van der Waals surface area contributed by atoms with E-state index >= 15 is 0 Å². The number of halogens is 5. The van der Waals surface area contributed by atoms with Crippen molar-refractivity contribution in [2.75, 3.05) is 10.6 Å². The van der Waals surface area contributed by atoms with Gasteiger partial charge in [0.1, 0.15) is 22.8 Å². The Balaban J connectivity index is 1.43. The summed E-state index contributed by atoms with van der Waals surface area (Å²) in [5, 5.41) is 12.8. The van der Waals surface area contributed by atoms with E-state index in [-0.39, 0.29) is 39.2 Å². The smallest absolute Gasteiger partial charge is 0.433 e. The molecule has 0 unspecified atom stereocenters.